The quantitative estimate of drug-likeness (QED) is 0.840. The van der Waals surface area contributed by atoms with E-state index in [9.17, 15) is 0 Å². The van der Waals surface area contributed by atoms with Crippen molar-refractivity contribution in [3.8, 4) is 0 Å². The van der Waals surface area contributed by atoms with Crippen LogP contribution in [0.5, 0.6) is 0 Å². The number of rotatable bonds is 7. The molecule has 0 atom stereocenters. The number of benzene rings is 1. The Kier molecular flexibility index (Phi) is 6.68. The van der Waals surface area contributed by atoms with E-state index < -0.39 is 0 Å². The van der Waals surface area contributed by atoms with E-state index >= 15 is 0 Å². The maximum Gasteiger partial charge on any atom is 0.0377 e. The van der Waals surface area contributed by atoms with Crippen molar-refractivity contribution in [2.75, 3.05) is 38.6 Å². The van der Waals surface area contributed by atoms with Crippen molar-refractivity contribution in [3.05, 3.63) is 28.2 Å². The first-order chi connectivity index (χ1) is 8.58. The van der Waals surface area contributed by atoms with E-state index in [1.54, 1.807) is 0 Å². The Morgan fingerprint density at radius 1 is 1.22 bits per heavy atom. The third-order valence-corrected chi connectivity index (χ3v) is 3.77. The smallest absolute Gasteiger partial charge is 0.0377 e. The fourth-order valence-electron chi connectivity index (χ4n) is 1.95. The summed E-state index contributed by atoms with van der Waals surface area (Å²) >= 11 is 3.58. The topological polar surface area (TPSA) is 32.5 Å². The normalized spacial score (nSPS) is 11.0. The zero-order valence-corrected chi connectivity index (χ0v) is 13.2. The largest absolute Gasteiger partial charge is 0.372 e. The molecule has 1 rings (SSSR count). The molecule has 102 valence electrons. The third kappa shape index (κ3) is 4.59. The third-order valence-electron chi connectivity index (χ3n) is 3.04. The van der Waals surface area contributed by atoms with Crippen LogP contribution in [-0.4, -0.2) is 38.6 Å². The summed E-state index contributed by atoms with van der Waals surface area (Å²) in [6.07, 6.45) is 1.18. The van der Waals surface area contributed by atoms with E-state index in [0.29, 0.717) is 6.54 Å². The lowest BCUT2D eigenvalue weighted by Crippen LogP contribution is -2.27. The van der Waals surface area contributed by atoms with Crippen molar-refractivity contribution in [2.24, 2.45) is 5.73 Å². The molecule has 0 saturated heterocycles. The monoisotopic (exact) mass is 313 g/mol. The Hall–Kier alpha value is -0.580. The molecule has 0 spiro atoms. The van der Waals surface area contributed by atoms with Crippen LogP contribution < -0.4 is 10.6 Å². The SMILES string of the molecule is CCN(CCCN(C)C)c1ccc(CN)c(Br)c1. The van der Waals surface area contributed by atoms with Gasteiger partial charge in [-0.25, -0.2) is 0 Å². The minimum Gasteiger partial charge on any atom is -0.372 e. The maximum atomic E-state index is 5.67. The molecule has 0 fully saturated rings. The first-order valence-corrected chi connectivity index (χ1v) is 7.26. The molecule has 1 aromatic carbocycles. The van der Waals surface area contributed by atoms with Crippen LogP contribution in [0.15, 0.2) is 22.7 Å². The van der Waals surface area contributed by atoms with Gasteiger partial charge in [0.25, 0.3) is 0 Å². The molecule has 0 saturated carbocycles. The Labute approximate surface area is 119 Å². The predicted molar refractivity (Wildman–Crippen MR) is 83.1 cm³/mol. The molecular weight excluding hydrogens is 290 g/mol. The summed E-state index contributed by atoms with van der Waals surface area (Å²) in [4.78, 5) is 4.62. The molecule has 0 aliphatic carbocycles. The van der Waals surface area contributed by atoms with Crippen LogP contribution in [0.1, 0.15) is 18.9 Å². The fourth-order valence-corrected chi connectivity index (χ4v) is 2.47. The average molecular weight is 314 g/mol. The number of nitrogens with two attached hydrogens (primary N) is 1. The summed E-state index contributed by atoms with van der Waals surface area (Å²) in [5, 5.41) is 0. The van der Waals surface area contributed by atoms with Crippen LogP contribution >= 0.6 is 15.9 Å². The van der Waals surface area contributed by atoms with Gasteiger partial charge in [-0.3, -0.25) is 0 Å². The Morgan fingerprint density at radius 2 is 1.94 bits per heavy atom. The van der Waals surface area contributed by atoms with Gasteiger partial charge in [0.1, 0.15) is 0 Å². The Bertz CT molecular complexity index is 366. The second-order valence-corrected chi connectivity index (χ2v) is 5.57. The first-order valence-electron chi connectivity index (χ1n) is 6.46. The Balaban J connectivity index is 2.67. The molecule has 3 nitrogen and oxygen atoms in total. The van der Waals surface area contributed by atoms with Gasteiger partial charge in [0.05, 0.1) is 0 Å². The number of hydrogen-bond donors (Lipinski definition) is 1. The highest BCUT2D eigenvalue weighted by Crippen LogP contribution is 2.24. The molecule has 0 bridgehead atoms. The van der Waals surface area contributed by atoms with E-state index in [2.05, 4.69) is 64.9 Å². The highest BCUT2D eigenvalue weighted by Gasteiger charge is 2.06. The van der Waals surface area contributed by atoms with Gasteiger partial charge in [-0.15, -0.1) is 0 Å². The minimum absolute atomic E-state index is 0.577. The summed E-state index contributed by atoms with van der Waals surface area (Å²) in [5.74, 6) is 0. The summed E-state index contributed by atoms with van der Waals surface area (Å²) < 4.78 is 1.11. The van der Waals surface area contributed by atoms with E-state index in [1.165, 1.54) is 12.1 Å². The first kappa shape index (κ1) is 15.5. The zero-order valence-electron chi connectivity index (χ0n) is 11.6. The van der Waals surface area contributed by atoms with Crippen LogP contribution in [-0.2, 0) is 6.54 Å². The highest BCUT2D eigenvalue weighted by molar-refractivity contribution is 9.10. The summed E-state index contributed by atoms with van der Waals surface area (Å²) in [7, 11) is 4.23. The van der Waals surface area contributed by atoms with Crippen molar-refractivity contribution < 1.29 is 0 Å². The molecule has 0 unspecified atom stereocenters. The Morgan fingerprint density at radius 3 is 2.44 bits per heavy atom. The van der Waals surface area contributed by atoms with Crippen molar-refractivity contribution in [1.82, 2.24) is 4.90 Å². The van der Waals surface area contributed by atoms with Gasteiger partial charge >= 0.3 is 0 Å². The maximum absolute atomic E-state index is 5.67. The van der Waals surface area contributed by atoms with Crippen LogP contribution in [0.2, 0.25) is 0 Å². The second-order valence-electron chi connectivity index (χ2n) is 4.72. The molecule has 2 N–H and O–H groups in total. The van der Waals surface area contributed by atoms with Gasteiger partial charge < -0.3 is 15.5 Å². The molecule has 0 amide bonds. The van der Waals surface area contributed by atoms with Gasteiger partial charge in [-0.2, -0.15) is 0 Å². The molecule has 0 radical (unpaired) electrons. The van der Waals surface area contributed by atoms with Crippen molar-refractivity contribution in [1.29, 1.82) is 0 Å². The van der Waals surface area contributed by atoms with E-state index in [0.717, 1.165) is 29.7 Å². The van der Waals surface area contributed by atoms with E-state index in [-0.39, 0.29) is 0 Å². The molecule has 18 heavy (non-hydrogen) atoms. The van der Waals surface area contributed by atoms with Crippen LogP contribution in [0.25, 0.3) is 0 Å². The number of halogens is 1. The predicted octanol–water partition coefficient (Wildman–Crippen LogP) is 2.69. The minimum atomic E-state index is 0.577. The number of hydrogen-bond acceptors (Lipinski definition) is 3. The molecule has 0 aromatic heterocycles. The lowest BCUT2D eigenvalue weighted by atomic mass is 10.2. The van der Waals surface area contributed by atoms with Crippen molar-refractivity contribution >= 4 is 21.6 Å². The fraction of sp³-hybridized carbons (Fsp3) is 0.571. The lowest BCUT2D eigenvalue weighted by molar-refractivity contribution is 0.400. The van der Waals surface area contributed by atoms with Crippen LogP contribution in [0.4, 0.5) is 5.69 Å². The number of nitrogens with zero attached hydrogens (tertiary/aromatic N) is 2. The second kappa shape index (κ2) is 7.77. The van der Waals surface area contributed by atoms with Crippen LogP contribution in [0.3, 0.4) is 0 Å². The van der Waals surface area contributed by atoms with Gasteiger partial charge in [-0.1, -0.05) is 22.0 Å². The van der Waals surface area contributed by atoms with E-state index in [4.69, 9.17) is 5.73 Å². The standard InChI is InChI=1S/C14H24BrN3/c1-4-18(9-5-8-17(2)3)13-7-6-12(11-16)14(15)10-13/h6-7,10H,4-5,8-9,11,16H2,1-3H3. The zero-order chi connectivity index (χ0) is 13.5. The van der Waals surface area contributed by atoms with Crippen LogP contribution in [0, 0.1) is 0 Å². The number of anilines is 1. The summed E-state index contributed by atoms with van der Waals surface area (Å²) in [6.45, 7) is 6.01. The van der Waals surface area contributed by atoms with E-state index in [1.807, 2.05) is 0 Å². The lowest BCUT2D eigenvalue weighted by Gasteiger charge is -2.24. The molecular formula is C14H24BrN3. The molecule has 4 heteroatoms. The molecule has 1 aromatic rings. The molecule has 0 aliphatic rings. The molecule has 0 heterocycles. The highest BCUT2D eigenvalue weighted by atomic mass is 79.9. The van der Waals surface area contributed by atoms with Gasteiger partial charge in [0, 0.05) is 29.8 Å². The molecule has 0 aliphatic heterocycles. The summed E-state index contributed by atoms with van der Waals surface area (Å²) in [6, 6.07) is 6.43. The van der Waals surface area contributed by atoms with Crippen molar-refractivity contribution in [3.63, 3.8) is 0 Å². The van der Waals surface area contributed by atoms with Crippen molar-refractivity contribution in [2.45, 2.75) is 19.9 Å². The van der Waals surface area contributed by atoms with Gasteiger partial charge in [0.2, 0.25) is 0 Å². The average Bonchev–Trinajstić information content (AvgIpc) is 2.34. The van der Waals surface area contributed by atoms with Gasteiger partial charge in [0.15, 0.2) is 0 Å². The van der Waals surface area contributed by atoms with Gasteiger partial charge in [-0.05, 0) is 51.7 Å². The summed E-state index contributed by atoms with van der Waals surface area (Å²) in [5.41, 5.74) is 8.09.